The first-order valence-electron chi connectivity index (χ1n) is 22.0. The molecule has 0 saturated heterocycles. The smallest absolute Gasteiger partial charge is 0.328 e. The molecule has 2 unspecified atom stereocenters. The van der Waals surface area contributed by atoms with Crippen LogP contribution in [0.25, 0.3) is 0 Å². The van der Waals surface area contributed by atoms with E-state index in [1.165, 1.54) is 11.1 Å². The van der Waals surface area contributed by atoms with Gasteiger partial charge in [0.1, 0.15) is 29.2 Å². The Hall–Kier alpha value is -3.71. The van der Waals surface area contributed by atoms with E-state index in [4.69, 9.17) is 36.3 Å². The Balaban J connectivity index is 0. The van der Waals surface area contributed by atoms with Crippen molar-refractivity contribution in [1.82, 2.24) is 5.06 Å². The normalized spacial score (nSPS) is 13.1. The maximum Gasteiger partial charge on any atom is 0.328 e. The molecule has 2 aromatic rings. The summed E-state index contributed by atoms with van der Waals surface area (Å²) in [6.45, 7) is 39.5. The average molecular weight is 910 g/mol. The van der Waals surface area contributed by atoms with Gasteiger partial charge in [-0.2, -0.15) is 0 Å². The van der Waals surface area contributed by atoms with Crippen LogP contribution in [0.2, 0.25) is 0 Å². The van der Waals surface area contributed by atoms with Crippen LogP contribution in [0, 0.1) is 0 Å². The van der Waals surface area contributed by atoms with Gasteiger partial charge in [0, 0.05) is 11.1 Å². The molecule has 2 rings (SSSR count). The molecule has 1 amide bonds. The summed E-state index contributed by atoms with van der Waals surface area (Å²) >= 11 is 5.54. The molecule has 362 valence electrons. The fraction of sp³-hybridized carbons (Fsp3) is 0.680. The van der Waals surface area contributed by atoms with Gasteiger partial charge in [0.2, 0.25) is 0 Å². The minimum atomic E-state index is -0.969. The van der Waals surface area contributed by atoms with Crippen molar-refractivity contribution < 1.29 is 48.8 Å². The molecule has 0 radical (unpaired) electrons. The first kappa shape index (κ1) is 61.4. The summed E-state index contributed by atoms with van der Waals surface area (Å²) < 4.78 is 21.8. The summed E-state index contributed by atoms with van der Waals surface area (Å²) in [5, 5.41) is 9.98. The molecule has 12 nitrogen and oxygen atoms in total. The second-order valence-corrected chi connectivity index (χ2v) is 20.8. The van der Waals surface area contributed by atoms with Gasteiger partial charge >= 0.3 is 11.9 Å². The number of halogens is 1. The lowest BCUT2D eigenvalue weighted by Crippen LogP contribution is -2.42. The molecule has 0 heterocycles. The van der Waals surface area contributed by atoms with Crippen LogP contribution in [0.15, 0.2) is 36.4 Å². The van der Waals surface area contributed by atoms with E-state index in [1.807, 2.05) is 18.2 Å². The zero-order valence-electron chi connectivity index (χ0n) is 42.5. The van der Waals surface area contributed by atoms with Crippen LogP contribution >= 0.6 is 11.6 Å². The van der Waals surface area contributed by atoms with Crippen molar-refractivity contribution in [3.63, 3.8) is 0 Å². The summed E-state index contributed by atoms with van der Waals surface area (Å²) in [6.07, 6.45) is 2.34. The predicted molar refractivity (Wildman–Crippen MR) is 255 cm³/mol. The molecule has 0 aliphatic rings. The minimum absolute atomic E-state index is 0. The summed E-state index contributed by atoms with van der Waals surface area (Å²) in [7, 11) is 0. The topological polar surface area (TPSA) is 186 Å². The third-order valence-electron chi connectivity index (χ3n) is 11.3. The van der Waals surface area contributed by atoms with Gasteiger partial charge in [0.05, 0.1) is 6.54 Å². The highest BCUT2D eigenvalue weighted by molar-refractivity contribution is 6.64. The first-order valence-corrected chi connectivity index (χ1v) is 22.4. The van der Waals surface area contributed by atoms with Gasteiger partial charge < -0.3 is 30.2 Å². The van der Waals surface area contributed by atoms with Gasteiger partial charge in [0.25, 0.3) is 11.1 Å². The number of carbonyl (C=O) groups excluding carboxylic acids is 4. The molecular formula is C50H85ClN2O10. The Kier molecular flexibility index (Phi) is 24.5. The minimum Gasteiger partial charge on any atom is -0.481 e. The molecule has 13 heteroatoms. The van der Waals surface area contributed by atoms with E-state index in [9.17, 15) is 24.4 Å². The Morgan fingerprint density at radius 1 is 0.603 bits per heavy atom. The van der Waals surface area contributed by atoms with Crippen molar-refractivity contribution in [2.45, 2.75) is 209 Å². The second kappa shape index (κ2) is 25.1. The van der Waals surface area contributed by atoms with E-state index in [0.717, 1.165) is 42.6 Å². The van der Waals surface area contributed by atoms with Gasteiger partial charge in [-0.1, -0.05) is 107 Å². The van der Waals surface area contributed by atoms with Gasteiger partial charge in [0.15, 0.2) is 12.2 Å². The molecule has 5 N–H and O–H groups in total. The zero-order chi connectivity index (χ0) is 48.8. The maximum atomic E-state index is 12.6. The van der Waals surface area contributed by atoms with E-state index in [0.29, 0.717) is 10.8 Å². The molecular weight excluding hydrogens is 824 g/mol. The van der Waals surface area contributed by atoms with Crippen molar-refractivity contribution >= 4 is 34.7 Å². The Labute approximate surface area is 385 Å². The van der Waals surface area contributed by atoms with Crippen LogP contribution in [-0.2, 0) is 50.3 Å². The fourth-order valence-electron chi connectivity index (χ4n) is 5.60. The summed E-state index contributed by atoms with van der Waals surface area (Å²) in [5.74, 6) is -0.390. The van der Waals surface area contributed by atoms with Gasteiger partial charge in [-0.05, 0) is 138 Å². The molecule has 0 aromatic heterocycles. The van der Waals surface area contributed by atoms with Crippen LogP contribution in [-0.4, -0.2) is 75.3 Å². The molecule has 0 aliphatic carbocycles. The van der Waals surface area contributed by atoms with Gasteiger partial charge in [-0.15, -0.1) is 0 Å². The van der Waals surface area contributed by atoms with Crippen molar-refractivity contribution in [3.05, 3.63) is 58.7 Å². The standard InChI is InChI=1S/C25H41NO5.C19H29ClO2.C6H13NO2.H2O/c1-11-24(7,8)18-13-14-20(19(15-18)25(9,10)12-2)30-17(3)22(28)26(29)16-21(27)31-23(4,5)6;1-8-18(4,5)14-10-11-16(22-13(3)17(20)21)15(12-14)19(6,7)9-2;1-6(2,3)9-5(8)4-7;/h13-15,17,29H,11-12,16H2,1-10H3;10-13H,8-9H2,1-7H3;4,7H2,1-3H3;1H2. The molecule has 0 aliphatic heterocycles. The molecule has 0 bridgehead atoms. The first-order chi connectivity index (χ1) is 28.0. The summed E-state index contributed by atoms with van der Waals surface area (Å²) in [5.41, 5.74) is 8.52. The van der Waals surface area contributed by atoms with E-state index < -0.39 is 47.1 Å². The van der Waals surface area contributed by atoms with Gasteiger partial charge in [-0.3, -0.25) is 24.4 Å². The van der Waals surface area contributed by atoms with Crippen molar-refractivity contribution in [3.8, 4) is 11.5 Å². The zero-order valence-corrected chi connectivity index (χ0v) is 43.2. The van der Waals surface area contributed by atoms with Crippen LogP contribution < -0.4 is 15.2 Å². The Morgan fingerprint density at radius 3 is 1.22 bits per heavy atom. The van der Waals surface area contributed by atoms with Crippen molar-refractivity contribution in [2.75, 3.05) is 13.1 Å². The number of nitrogens with zero attached hydrogens (tertiary/aromatic N) is 1. The lowest BCUT2D eigenvalue weighted by molar-refractivity contribution is -0.185. The van der Waals surface area contributed by atoms with Crippen LogP contribution in [0.1, 0.15) is 186 Å². The number of ether oxygens (including phenoxy) is 4. The largest absolute Gasteiger partial charge is 0.481 e. The Bertz CT molecular complexity index is 1770. The number of esters is 2. The van der Waals surface area contributed by atoms with Gasteiger partial charge in [-0.25, -0.2) is 5.06 Å². The number of hydrogen-bond donors (Lipinski definition) is 2. The lowest BCUT2D eigenvalue weighted by atomic mass is 9.76. The number of benzene rings is 2. The van der Waals surface area contributed by atoms with E-state index in [1.54, 1.807) is 55.4 Å². The fourth-order valence-corrected chi connectivity index (χ4v) is 5.64. The van der Waals surface area contributed by atoms with E-state index in [-0.39, 0.29) is 39.7 Å². The van der Waals surface area contributed by atoms with E-state index >= 15 is 0 Å². The molecule has 0 fully saturated rings. The van der Waals surface area contributed by atoms with Crippen molar-refractivity contribution in [1.29, 1.82) is 0 Å². The number of carbonyl (C=O) groups is 4. The van der Waals surface area contributed by atoms with E-state index in [2.05, 4.69) is 101 Å². The molecule has 2 atom stereocenters. The number of hydroxylamine groups is 2. The maximum absolute atomic E-state index is 12.6. The molecule has 0 spiro atoms. The summed E-state index contributed by atoms with van der Waals surface area (Å²) in [4.78, 5) is 46.3. The summed E-state index contributed by atoms with van der Waals surface area (Å²) in [6, 6.07) is 12.4. The lowest BCUT2D eigenvalue weighted by Gasteiger charge is -2.31. The Morgan fingerprint density at radius 2 is 0.937 bits per heavy atom. The highest BCUT2D eigenvalue weighted by Gasteiger charge is 2.31. The molecule has 0 saturated carbocycles. The number of hydrogen-bond acceptors (Lipinski definition) is 10. The van der Waals surface area contributed by atoms with Crippen LogP contribution in [0.3, 0.4) is 0 Å². The van der Waals surface area contributed by atoms with Crippen molar-refractivity contribution in [2.24, 2.45) is 5.73 Å². The molecule has 2 aromatic carbocycles. The third kappa shape index (κ3) is 20.8. The monoisotopic (exact) mass is 909 g/mol. The predicted octanol–water partition coefficient (Wildman–Crippen LogP) is 10.4. The van der Waals surface area contributed by atoms with Crippen LogP contribution in [0.5, 0.6) is 11.5 Å². The number of amides is 1. The second-order valence-electron chi connectivity index (χ2n) is 20.5. The van der Waals surface area contributed by atoms with Crippen LogP contribution in [0.4, 0.5) is 0 Å². The highest BCUT2D eigenvalue weighted by Crippen LogP contribution is 2.40. The average Bonchev–Trinajstić information content (AvgIpc) is 3.16. The number of rotatable bonds is 17. The SMILES string of the molecule is CC(C)(C)OC(=O)CN.CCC(C)(C)c1ccc(OC(C)C(=O)Cl)c(C(C)(C)CC)c1.CCC(C)(C)c1ccc(OC(C)C(=O)N(O)CC(=O)OC(C)(C)C)c(C(C)(C)CC)c1.O. The molecule has 63 heavy (non-hydrogen) atoms. The number of nitrogens with two attached hydrogens (primary N) is 1. The highest BCUT2D eigenvalue weighted by atomic mass is 35.5. The quantitative estimate of drug-likeness (QED) is 0.0669. The third-order valence-corrected chi connectivity index (χ3v) is 11.6.